The highest BCUT2D eigenvalue weighted by molar-refractivity contribution is 5.92. The van der Waals surface area contributed by atoms with Gasteiger partial charge in [0, 0.05) is 77.6 Å². The molecule has 2 aliphatic heterocycles. The molecule has 2 N–H and O–H groups in total. The Bertz CT molecular complexity index is 1680. The van der Waals surface area contributed by atoms with E-state index in [1.165, 1.54) is 0 Å². The number of amides is 4. The number of likely N-dealkylation sites (N-methyl/N-ethyl adjacent to an activating group) is 2. The highest BCUT2D eigenvalue weighted by Crippen LogP contribution is 2.29. The molecule has 0 aromatic heterocycles. The normalized spacial score (nSPS) is 15.6. The zero-order valence-corrected chi connectivity index (χ0v) is 31.4. The zero-order valence-electron chi connectivity index (χ0n) is 31.4. The Balaban J connectivity index is 0.842. The van der Waals surface area contributed by atoms with Crippen molar-refractivity contribution in [3.8, 4) is 22.3 Å². The monoisotopic (exact) mass is 732 g/mol. The number of carbonyl (C=O) groups excluding carboxylic acids is 3. The quantitative estimate of drug-likeness (QED) is 0.154. The van der Waals surface area contributed by atoms with Crippen LogP contribution < -0.4 is 10.6 Å². The smallest absolute Gasteiger partial charge is 0.411 e. The summed E-state index contributed by atoms with van der Waals surface area (Å²) in [6.07, 6.45) is 1.83. The molecule has 2 aliphatic rings. The molecule has 0 unspecified atom stereocenters. The van der Waals surface area contributed by atoms with E-state index in [0.717, 1.165) is 98.6 Å². The third-order valence-electron chi connectivity index (χ3n) is 10.3. The average molecular weight is 733 g/mol. The summed E-state index contributed by atoms with van der Waals surface area (Å²) in [7, 11) is 3.69. The van der Waals surface area contributed by atoms with Gasteiger partial charge in [0.25, 0.3) is 0 Å². The molecule has 4 amide bonds. The Labute approximate surface area is 318 Å². The minimum absolute atomic E-state index is 0.00801. The number of anilines is 2. The summed E-state index contributed by atoms with van der Waals surface area (Å²) in [5.41, 5.74) is 5.41. The number of carbonyl (C=O) groups is 3. The van der Waals surface area contributed by atoms with Gasteiger partial charge in [-0.3, -0.25) is 10.6 Å². The first-order valence-electron chi connectivity index (χ1n) is 19.0. The van der Waals surface area contributed by atoms with Crippen molar-refractivity contribution in [2.75, 3.05) is 77.1 Å². The number of nitrogens with zero attached hydrogens (tertiary/aromatic N) is 4. The van der Waals surface area contributed by atoms with Crippen molar-refractivity contribution in [2.24, 2.45) is 0 Å². The Morgan fingerprint density at radius 1 is 0.556 bits per heavy atom. The summed E-state index contributed by atoms with van der Waals surface area (Å²) in [6, 6.07) is 35.4. The molecule has 11 nitrogen and oxygen atoms in total. The summed E-state index contributed by atoms with van der Waals surface area (Å²) in [4.78, 5) is 46.9. The third-order valence-corrected chi connectivity index (χ3v) is 10.3. The van der Waals surface area contributed by atoms with Gasteiger partial charge in [0.1, 0.15) is 12.2 Å². The first-order chi connectivity index (χ1) is 26.3. The molecule has 4 aromatic carbocycles. The van der Waals surface area contributed by atoms with Crippen LogP contribution in [-0.4, -0.2) is 116 Å². The van der Waals surface area contributed by atoms with E-state index in [2.05, 4.69) is 20.4 Å². The van der Waals surface area contributed by atoms with E-state index in [1.54, 1.807) is 9.80 Å². The lowest BCUT2D eigenvalue weighted by molar-refractivity contribution is 0.0553. The molecule has 2 heterocycles. The molecular weight excluding hydrogens is 681 g/mol. The lowest BCUT2D eigenvalue weighted by Gasteiger charge is -2.34. The number of rotatable bonds is 12. The van der Waals surface area contributed by atoms with Crippen LogP contribution in [0.5, 0.6) is 0 Å². The fraction of sp³-hybridized carbons (Fsp3) is 0.372. The third kappa shape index (κ3) is 10.8. The van der Waals surface area contributed by atoms with Crippen molar-refractivity contribution in [3.05, 3.63) is 109 Å². The number of para-hydroxylation sites is 2. The van der Waals surface area contributed by atoms with Crippen LogP contribution in [-0.2, 0) is 9.47 Å². The van der Waals surface area contributed by atoms with Crippen LogP contribution in [0, 0.1) is 0 Å². The molecule has 11 heteroatoms. The highest BCUT2D eigenvalue weighted by Gasteiger charge is 2.26. The fourth-order valence-corrected chi connectivity index (χ4v) is 7.07. The summed E-state index contributed by atoms with van der Waals surface area (Å²) in [5.74, 6) is 0. The number of hydrogen-bond acceptors (Lipinski definition) is 7. The van der Waals surface area contributed by atoms with Crippen molar-refractivity contribution in [2.45, 2.75) is 37.9 Å². The molecule has 0 aliphatic carbocycles. The van der Waals surface area contributed by atoms with Crippen LogP contribution in [0.2, 0.25) is 0 Å². The molecule has 6 rings (SSSR count). The van der Waals surface area contributed by atoms with E-state index >= 15 is 0 Å². The maximum absolute atomic E-state index is 13.2. The molecular formula is C43H52N6O5. The summed E-state index contributed by atoms with van der Waals surface area (Å²) in [6.45, 7) is 5.98. The number of likely N-dealkylation sites (tertiary alicyclic amines) is 2. The van der Waals surface area contributed by atoms with Crippen LogP contribution in [0.4, 0.5) is 25.8 Å². The predicted molar refractivity (Wildman–Crippen MR) is 214 cm³/mol. The highest BCUT2D eigenvalue weighted by atomic mass is 16.6. The molecule has 0 spiro atoms. The van der Waals surface area contributed by atoms with E-state index in [0.29, 0.717) is 13.1 Å². The van der Waals surface area contributed by atoms with Gasteiger partial charge < -0.3 is 29.1 Å². The number of urea groups is 1. The van der Waals surface area contributed by atoms with Crippen LogP contribution in [0.3, 0.4) is 0 Å². The van der Waals surface area contributed by atoms with Crippen molar-refractivity contribution >= 4 is 29.6 Å². The van der Waals surface area contributed by atoms with E-state index in [1.807, 2.05) is 123 Å². The van der Waals surface area contributed by atoms with Gasteiger partial charge in [-0.1, -0.05) is 97.1 Å². The average Bonchev–Trinajstić information content (AvgIpc) is 3.21. The maximum atomic E-state index is 13.2. The number of piperidine rings is 2. The van der Waals surface area contributed by atoms with Crippen LogP contribution in [0.15, 0.2) is 109 Å². The van der Waals surface area contributed by atoms with Gasteiger partial charge in [-0.2, -0.15) is 0 Å². The topological polar surface area (TPSA) is 107 Å². The second-order valence-electron chi connectivity index (χ2n) is 14.1. The van der Waals surface area contributed by atoms with Crippen molar-refractivity contribution in [1.29, 1.82) is 0 Å². The van der Waals surface area contributed by atoms with Crippen molar-refractivity contribution < 1.29 is 23.9 Å². The second kappa shape index (κ2) is 19.1. The Morgan fingerprint density at radius 3 is 1.30 bits per heavy atom. The molecule has 0 saturated carbocycles. The summed E-state index contributed by atoms with van der Waals surface area (Å²) < 4.78 is 11.6. The minimum Gasteiger partial charge on any atom is -0.446 e. The SMILES string of the molecule is CN(CCN1CCC(OC(=O)Nc2ccccc2-c2ccccc2)CC1)C(=O)N(C)CCN1CCC(OC(=O)Nc2ccccc2-c2ccccc2)CC1. The largest absolute Gasteiger partial charge is 0.446 e. The van der Waals surface area contributed by atoms with Crippen LogP contribution >= 0.6 is 0 Å². The number of hydrogen-bond donors (Lipinski definition) is 2. The van der Waals surface area contributed by atoms with Crippen LogP contribution in [0.1, 0.15) is 25.7 Å². The van der Waals surface area contributed by atoms with Gasteiger partial charge in [-0.15, -0.1) is 0 Å². The van der Waals surface area contributed by atoms with E-state index in [9.17, 15) is 14.4 Å². The second-order valence-corrected chi connectivity index (χ2v) is 14.1. The van der Waals surface area contributed by atoms with Crippen molar-refractivity contribution in [3.63, 3.8) is 0 Å². The molecule has 2 fully saturated rings. The molecule has 0 bridgehead atoms. The van der Waals surface area contributed by atoms with Gasteiger partial charge in [0.15, 0.2) is 0 Å². The Hall–Kier alpha value is -5.39. The van der Waals surface area contributed by atoms with Gasteiger partial charge in [0.05, 0.1) is 11.4 Å². The maximum Gasteiger partial charge on any atom is 0.411 e. The fourth-order valence-electron chi connectivity index (χ4n) is 7.07. The zero-order chi connectivity index (χ0) is 37.7. The number of nitrogens with one attached hydrogen (secondary N) is 2. The molecule has 54 heavy (non-hydrogen) atoms. The summed E-state index contributed by atoms with van der Waals surface area (Å²) >= 11 is 0. The molecule has 4 aromatic rings. The molecule has 0 atom stereocenters. The van der Waals surface area contributed by atoms with Gasteiger partial charge in [-0.05, 0) is 48.9 Å². The number of ether oxygens (including phenoxy) is 2. The molecule has 2 saturated heterocycles. The van der Waals surface area contributed by atoms with Gasteiger partial charge in [0.2, 0.25) is 0 Å². The van der Waals surface area contributed by atoms with Crippen LogP contribution in [0.25, 0.3) is 22.3 Å². The lowest BCUT2D eigenvalue weighted by Crippen LogP contribution is -2.47. The molecule has 284 valence electrons. The standard InChI is InChI=1S/C43H52N6O5/c1-46(29-31-48-25-21-35(22-26-48)53-41(50)44-39-19-11-9-17-37(39)33-13-5-3-6-14-33)43(52)47(2)30-32-49-27-23-36(24-28-49)54-42(51)45-40-20-12-10-18-38(40)34-15-7-4-8-16-34/h3-20,35-36H,21-32H2,1-2H3,(H,44,50)(H,45,51). The number of benzene rings is 4. The summed E-state index contributed by atoms with van der Waals surface area (Å²) in [5, 5.41) is 5.87. The van der Waals surface area contributed by atoms with E-state index in [4.69, 9.17) is 9.47 Å². The minimum atomic E-state index is -0.438. The van der Waals surface area contributed by atoms with E-state index in [-0.39, 0.29) is 18.2 Å². The predicted octanol–water partition coefficient (Wildman–Crippen LogP) is 7.73. The first kappa shape index (κ1) is 38.3. The lowest BCUT2D eigenvalue weighted by atomic mass is 10.0. The first-order valence-corrected chi connectivity index (χ1v) is 19.0. The van der Waals surface area contributed by atoms with E-state index < -0.39 is 12.2 Å². The van der Waals surface area contributed by atoms with Gasteiger partial charge >= 0.3 is 18.2 Å². The Morgan fingerprint density at radius 2 is 0.907 bits per heavy atom. The molecule has 0 radical (unpaired) electrons. The van der Waals surface area contributed by atoms with Gasteiger partial charge in [-0.25, -0.2) is 14.4 Å². The Kier molecular flexibility index (Phi) is 13.6. The van der Waals surface area contributed by atoms with Crippen molar-refractivity contribution in [1.82, 2.24) is 19.6 Å².